The Morgan fingerprint density at radius 2 is 2.15 bits per heavy atom. The van der Waals surface area contributed by atoms with Gasteiger partial charge in [-0.25, -0.2) is 15.4 Å². The van der Waals surface area contributed by atoms with Crippen molar-refractivity contribution in [3.8, 4) is 16.3 Å². The number of thiazole rings is 1. The first kappa shape index (κ1) is 17.5. The van der Waals surface area contributed by atoms with Crippen molar-refractivity contribution < 1.29 is 14.7 Å². The highest BCUT2D eigenvalue weighted by Crippen LogP contribution is 2.35. The normalized spacial score (nSPS) is 10.9. The summed E-state index contributed by atoms with van der Waals surface area (Å²) in [6.07, 6.45) is 3.72. The van der Waals surface area contributed by atoms with Gasteiger partial charge in [0.05, 0.1) is 33.3 Å². The lowest BCUT2D eigenvalue weighted by atomic mass is 10.3. The van der Waals surface area contributed by atoms with Gasteiger partial charge in [-0.2, -0.15) is 0 Å². The number of hydroxylamine groups is 1. The summed E-state index contributed by atoms with van der Waals surface area (Å²) in [5.74, 6) is 0.218. The predicted octanol–water partition coefficient (Wildman–Crippen LogP) is 3.70. The summed E-state index contributed by atoms with van der Waals surface area (Å²) in [6, 6.07) is 7.17. The Morgan fingerprint density at radius 3 is 2.93 bits per heavy atom. The van der Waals surface area contributed by atoms with Gasteiger partial charge in [-0.1, -0.05) is 11.3 Å². The molecule has 0 aliphatic carbocycles. The number of carbonyl (C=O) groups is 1. The van der Waals surface area contributed by atoms with E-state index >= 15 is 0 Å². The number of anilines is 2. The number of amides is 1. The summed E-state index contributed by atoms with van der Waals surface area (Å²) >= 11 is 2.72. The van der Waals surface area contributed by atoms with Gasteiger partial charge in [0.15, 0.2) is 5.13 Å². The fourth-order valence-electron chi connectivity index (χ4n) is 2.70. The molecule has 0 bridgehead atoms. The Labute approximate surface area is 162 Å². The number of nitrogens with zero attached hydrogens (tertiary/aromatic N) is 3. The molecule has 0 aromatic carbocycles. The molecule has 0 aliphatic heterocycles. The third-order valence-electron chi connectivity index (χ3n) is 3.91. The number of thiophene rings is 1. The summed E-state index contributed by atoms with van der Waals surface area (Å²) in [5, 5.41) is 13.3. The molecule has 3 N–H and O–H groups in total. The number of carbonyl (C=O) groups excluding carboxylic acids is 1. The molecule has 8 nitrogen and oxygen atoms in total. The number of imidazole rings is 1. The van der Waals surface area contributed by atoms with Crippen molar-refractivity contribution in [1.29, 1.82) is 0 Å². The van der Waals surface area contributed by atoms with Crippen molar-refractivity contribution in [2.45, 2.75) is 6.92 Å². The molecule has 0 radical (unpaired) electrons. The third-order valence-corrected chi connectivity index (χ3v) is 5.83. The van der Waals surface area contributed by atoms with Crippen LogP contribution in [-0.2, 0) is 0 Å². The molecule has 0 unspecified atom stereocenters. The van der Waals surface area contributed by atoms with Gasteiger partial charge in [-0.3, -0.25) is 14.4 Å². The lowest BCUT2D eigenvalue weighted by Gasteiger charge is -2.02. The van der Waals surface area contributed by atoms with Gasteiger partial charge in [0.2, 0.25) is 0 Å². The molecular formula is C17H15N5O3S2. The van der Waals surface area contributed by atoms with Crippen LogP contribution in [0, 0.1) is 6.92 Å². The van der Waals surface area contributed by atoms with Crippen LogP contribution in [0.15, 0.2) is 36.7 Å². The first-order chi connectivity index (χ1) is 13.1. The van der Waals surface area contributed by atoms with Crippen molar-refractivity contribution in [3.63, 3.8) is 0 Å². The molecule has 0 aliphatic rings. The second-order valence-corrected chi connectivity index (χ2v) is 7.71. The number of aromatic nitrogens is 3. The molecule has 10 heteroatoms. The van der Waals surface area contributed by atoms with Crippen LogP contribution in [0.25, 0.3) is 16.2 Å². The molecule has 0 atom stereocenters. The van der Waals surface area contributed by atoms with Gasteiger partial charge >= 0.3 is 0 Å². The molecule has 0 spiro atoms. The SMILES string of the molecule is COc1ccn2c(-c3cnc(Nc4ccc(C(=O)NO)s4)s3)c(C)nc2c1. The number of hydrogen-bond acceptors (Lipinski definition) is 8. The molecule has 0 saturated heterocycles. The van der Waals surface area contributed by atoms with Gasteiger partial charge in [0.1, 0.15) is 11.4 Å². The molecule has 4 heterocycles. The number of pyridine rings is 1. The van der Waals surface area contributed by atoms with Crippen LogP contribution in [0.4, 0.5) is 10.1 Å². The maximum atomic E-state index is 11.4. The highest BCUT2D eigenvalue weighted by atomic mass is 32.1. The van der Waals surface area contributed by atoms with Crippen LogP contribution in [0.5, 0.6) is 5.75 Å². The number of rotatable bonds is 5. The van der Waals surface area contributed by atoms with Crippen LogP contribution in [-0.4, -0.2) is 32.6 Å². The van der Waals surface area contributed by atoms with E-state index in [9.17, 15) is 4.79 Å². The van der Waals surface area contributed by atoms with Crippen molar-refractivity contribution in [1.82, 2.24) is 19.8 Å². The summed E-state index contributed by atoms with van der Waals surface area (Å²) < 4.78 is 7.26. The fourth-order valence-corrected chi connectivity index (χ4v) is 4.48. The Hall–Kier alpha value is -2.95. The summed E-state index contributed by atoms with van der Waals surface area (Å²) in [6.45, 7) is 1.96. The van der Waals surface area contributed by atoms with E-state index in [1.807, 2.05) is 29.7 Å². The lowest BCUT2D eigenvalue weighted by molar-refractivity contribution is 0.0711. The van der Waals surface area contributed by atoms with Gasteiger partial charge in [0.25, 0.3) is 5.91 Å². The van der Waals surface area contributed by atoms with E-state index in [-0.39, 0.29) is 0 Å². The summed E-state index contributed by atoms with van der Waals surface area (Å²) in [7, 11) is 1.63. The summed E-state index contributed by atoms with van der Waals surface area (Å²) in [5.41, 5.74) is 4.31. The average Bonchev–Trinajstić information content (AvgIpc) is 3.39. The molecule has 4 rings (SSSR count). The van der Waals surface area contributed by atoms with Gasteiger partial charge in [-0.15, -0.1) is 11.3 Å². The van der Waals surface area contributed by atoms with Crippen LogP contribution < -0.4 is 15.5 Å². The number of fused-ring (bicyclic) bond motifs is 1. The Bertz CT molecular complexity index is 1130. The van der Waals surface area contributed by atoms with E-state index in [1.165, 1.54) is 22.7 Å². The van der Waals surface area contributed by atoms with E-state index in [0.717, 1.165) is 32.7 Å². The predicted molar refractivity (Wildman–Crippen MR) is 104 cm³/mol. The molecule has 4 aromatic rings. The number of ether oxygens (including phenoxy) is 1. The van der Waals surface area contributed by atoms with Crippen molar-refractivity contribution in [2.24, 2.45) is 0 Å². The molecule has 138 valence electrons. The second kappa shape index (κ2) is 6.99. The quantitative estimate of drug-likeness (QED) is 0.348. The Morgan fingerprint density at radius 1 is 1.30 bits per heavy atom. The first-order valence-corrected chi connectivity index (χ1v) is 9.52. The monoisotopic (exact) mass is 401 g/mol. The number of methoxy groups -OCH3 is 1. The standard InChI is InChI=1S/C17H15N5O3S2/c1-9-15(22-6-5-10(25-2)7-13(22)19-9)12-8-18-17(27-12)20-14-4-3-11(26-14)16(23)21-24/h3-8,24H,1-2H3,(H,18,20)(H,21,23). The zero-order chi connectivity index (χ0) is 19.0. The maximum Gasteiger partial charge on any atom is 0.284 e. The minimum absolute atomic E-state index is 0.406. The topological polar surface area (TPSA) is 101 Å². The number of nitrogens with one attached hydrogen (secondary N) is 2. The van der Waals surface area contributed by atoms with Crippen molar-refractivity contribution >= 4 is 44.4 Å². The van der Waals surface area contributed by atoms with Gasteiger partial charge in [0, 0.05) is 18.5 Å². The van der Waals surface area contributed by atoms with Crippen LogP contribution in [0.1, 0.15) is 15.4 Å². The van der Waals surface area contributed by atoms with Crippen LogP contribution >= 0.6 is 22.7 Å². The van der Waals surface area contributed by atoms with E-state index in [2.05, 4.69) is 15.3 Å². The number of hydrogen-bond donors (Lipinski definition) is 3. The van der Waals surface area contributed by atoms with E-state index in [1.54, 1.807) is 30.9 Å². The smallest absolute Gasteiger partial charge is 0.284 e. The summed E-state index contributed by atoms with van der Waals surface area (Å²) in [4.78, 5) is 21.8. The van der Waals surface area contributed by atoms with Gasteiger partial charge < -0.3 is 10.1 Å². The highest BCUT2D eigenvalue weighted by molar-refractivity contribution is 7.20. The second-order valence-electron chi connectivity index (χ2n) is 5.60. The minimum atomic E-state index is -0.537. The molecule has 1 amide bonds. The molecule has 0 saturated carbocycles. The van der Waals surface area contributed by atoms with Crippen molar-refractivity contribution in [3.05, 3.63) is 47.2 Å². The third kappa shape index (κ3) is 3.25. The van der Waals surface area contributed by atoms with Crippen LogP contribution in [0.3, 0.4) is 0 Å². The highest BCUT2D eigenvalue weighted by Gasteiger charge is 2.15. The molecule has 4 aromatic heterocycles. The van der Waals surface area contributed by atoms with E-state index in [4.69, 9.17) is 9.94 Å². The molecule has 27 heavy (non-hydrogen) atoms. The largest absolute Gasteiger partial charge is 0.497 e. The lowest BCUT2D eigenvalue weighted by Crippen LogP contribution is -2.16. The maximum absolute atomic E-state index is 11.4. The Balaban J connectivity index is 1.63. The first-order valence-electron chi connectivity index (χ1n) is 7.89. The zero-order valence-corrected chi connectivity index (χ0v) is 16.0. The zero-order valence-electron chi connectivity index (χ0n) is 14.4. The van der Waals surface area contributed by atoms with Crippen molar-refractivity contribution in [2.75, 3.05) is 12.4 Å². The molecular weight excluding hydrogens is 386 g/mol. The van der Waals surface area contributed by atoms with E-state index < -0.39 is 5.91 Å². The fraction of sp³-hybridized carbons (Fsp3) is 0.118. The average molecular weight is 401 g/mol. The molecule has 0 fully saturated rings. The van der Waals surface area contributed by atoms with Gasteiger partial charge in [-0.05, 0) is 25.1 Å². The van der Waals surface area contributed by atoms with Crippen LogP contribution in [0.2, 0.25) is 0 Å². The number of aryl methyl sites for hydroxylation is 1. The Kier molecular flexibility index (Phi) is 4.52. The minimum Gasteiger partial charge on any atom is -0.497 e. The van der Waals surface area contributed by atoms with E-state index in [0.29, 0.717) is 10.0 Å².